The predicted molar refractivity (Wildman–Crippen MR) is 79.2 cm³/mol. The van der Waals surface area contributed by atoms with Gasteiger partial charge in [-0.25, -0.2) is 0 Å². The van der Waals surface area contributed by atoms with E-state index in [0.717, 1.165) is 10.6 Å². The van der Waals surface area contributed by atoms with E-state index in [2.05, 4.69) is 19.9 Å². The van der Waals surface area contributed by atoms with Crippen molar-refractivity contribution in [2.45, 2.75) is 58.8 Å². The summed E-state index contributed by atoms with van der Waals surface area (Å²) in [5, 5.41) is 10.4. The maximum Gasteiger partial charge on any atom is 0.0622 e. The smallest absolute Gasteiger partial charge is 0.0622 e. The van der Waals surface area contributed by atoms with Gasteiger partial charge in [0.1, 0.15) is 0 Å². The molecule has 0 amide bonds. The zero-order chi connectivity index (χ0) is 12.8. The summed E-state index contributed by atoms with van der Waals surface area (Å²) in [5.74, 6) is 0. The second-order valence-corrected chi connectivity index (χ2v) is 7.75. The minimum Gasteiger partial charge on any atom is -0.392 e. The molecule has 1 nitrogen and oxygen atoms in total. The Balaban J connectivity index is 3.82. The Morgan fingerprint density at radius 2 is 1.88 bits per heavy atom. The van der Waals surface area contributed by atoms with Gasteiger partial charge >= 0.3 is 0 Å². The Hall–Kier alpha value is 0.140. The highest BCUT2D eigenvalue weighted by molar-refractivity contribution is 8.23. The standard InChI is InChI=1S/C13H24OS2/c1-10(2)16-12(15)9-7-6-8-11(14)13(3,4)5/h6-7,10-11,14H,8-9H2,1-5H3/b7-6+. The molecule has 94 valence electrons. The molecule has 0 heterocycles. The van der Waals surface area contributed by atoms with E-state index in [0.29, 0.717) is 11.7 Å². The number of hydrogen-bond acceptors (Lipinski definition) is 3. The Morgan fingerprint density at radius 3 is 2.31 bits per heavy atom. The molecule has 1 unspecified atom stereocenters. The zero-order valence-corrected chi connectivity index (χ0v) is 12.6. The van der Waals surface area contributed by atoms with E-state index < -0.39 is 0 Å². The van der Waals surface area contributed by atoms with E-state index in [4.69, 9.17) is 12.2 Å². The molecule has 0 aliphatic carbocycles. The Labute approximate surface area is 110 Å². The van der Waals surface area contributed by atoms with Crippen LogP contribution in [0.4, 0.5) is 0 Å². The van der Waals surface area contributed by atoms with Crippen LogP contribution in [0, 0.1) is 5.41 Å². The average molecular weight is 260 g/mol. The summed E-state index contributed by atoms with van der Waals surface area (Å²) in [6.07, 6.45) is 5.35. The van der Waals surface area contributed by atoms with E-state index in [1.54, 1.807) is 11.8 Å². The topological polar surface area (TPSA) is 20.2 Å². The first-order chi connectivity index (χ1) is 7.23. The van der Waals surface area contributed by atoms with Crippen LogP contribution < -0.4 is 0 Å². The van der Waals surface area contributed by atoms with Crippen molar-refractivity contribution in [3.63, 3.8) is 0 Å². The molecule has 16 heavy (non-hydrogen) atoms. The lowest BCUT2D eigenvalue weighted by Crippen LogP contribution is -2.24. The minimum atomic E-state index is -0.282. The summed E-state index contributed by atoms with van der Waals surface area (Å²) in [7, 11) is 0. The quantitative estimate of drug-likeness (QED) is 0.591. The van der Waals surface area contributed by atoms with Crippen LogP contribution in [0.25, 0.3) is 0 Å². The first kappa shape index (κ1) is 16.1. The normalized spacial score (nSPS) is 14.7. The van der Waals surface area contributed by atoms with Crippen molar-refractivity contribution in [1.82, 2.24) is 0 Å². The highest BCUT2D eigenvalue weighted by Gasteiger charge is 2.20. The number of rotatable bonds is 5. The van der Waals surface area contributed by atoms with Gasteiger partial charge in [0, 0.05) is 11.7 Å². The van der Waals surface area contributed by atoms with E-state index >= 15 is 0 Å². The maximum absolute atomic E-state index is 9.81. The van der Waals surface area contributed by atoms with Crippen LogP contribution in [0.3, 0.4) is 0 Å². The van der Waals surface area contributed by atoms with Crippen molar-refractivity contribution in [2.75, 3.05) is 0 Å². The SMILES string of the molecule is CC(C)SC(=S)C/C=C/CC(O)C(C)(C)C. The van der Waals surface area contributed by atoms with Gasteiger partial charge in [-0.05, 0) is 11.8 Å². The van der Waals surface area contributed by atoms with E-state index in [-0.39, 0.29) is 11.5 Å². The molecule has 0 spiro atoms. The fourth-order valence-electron chi connectivity index (χ4n) is 1.07. The first-order valence-electron chi connectivity index (χ1n) is 5.76. The van der Waals surface area contributed by atoms with Gasteiger partial charge < -0.3 is 5.11 Å². The van der Waals surface area contributed by atoms with Gasteiger partial charge in [-0.3, -0.25) is 0 Å². The average Bonchev–Trinajstić information content (AvgIpc) is 2.09. The molecule has 0 fully saturated rings. The van der Waals surface area contributed by atoms with Crippen LogP contribution in [0.15, 0.2) is 12.2 Å². The number of aliphatic hydroxyl groups is 1. The van der Waals surface area contributed by atoms with Gasteiger partial charge in [-0.1, -0.05) is 59.0 Å². The van der Waals surface area contributed by atoms with Gasteiger partial charge in [-0.2, -0.15) is 0 Å². The molecule has 0 aliphatic heterocycles. The molecular weight excluding hydrogens is 236 g/mol. The largest absolute Gasteiger partial charge is 0.392 e. The third kappa shape index (κ3) is 8.31. The van der Waals surface area contributed by atoms with E-state index in [9.17, 15) is 5.11 Å². The van der Waals surface area contributed by atoms with Gasteiger partial charge in [0.05, 0.1) is 10.3 Å². The lowest BCUT2D eigenvalue weighted by atomic mass is 9.87. The second kappa shape index (κ2) is 7.46. The summed E-state index contributed by atoms with van der Waals surface area (Å²) >= 11 is 6.97. The minimum absolute atomic E-state index is 0.0441. The van der Waals surface area contributed by atoms with Crippen LogP contribution in [-0.4, -0.2) is 20.7 Å². The van der Waals surface area contributed by atoms with Gasteiger partial charge in [0.2, 0.25) is 0 Å². The predicted octanol–water partition coefficient (Wildman–Crippen LogP) is 4.20. The molecule has 0 aromatic rings. The van der Waals surface area contributed by atoms with Crippen LogP contribution >= 0.6 is 24.0 Å². The number of allylic oxidation sites excluding steroid dienone is 1. The van der Waals surface area contributed by atoms with Crippen LogP contribution in [0.1, 0.15) is 47.5 Å². The second-order valence-electron chi connectivity index (χ2n) is 5.33. The van der Waals surface area contributed by atoms with Crippen molar-refractivity contribution in [2.24, 2.45) is 5.41 Å². The Kier molecular flexibility index (Phi) is 7.53. The summed E-state index contributed by atoms with van der Waals surface area (Å²) in [5.41, 5.74) is -0.0441. The fraction of sp³-hybridized carbons (Fsp3) is 0.769. The molecule has 0 rings (SSSR count). The summed E-state index contributed by atoms with van der Waals surface area (Å²) in [6.45, 7) is 10.4. The van der Waals surface area contributed by atoms with Crippen LogP contribution in [0.5, 0.6) is 0 Å². The molecule has 3 heteroatoms. The summed E-state index contributed by atoms with van der Waals surface area (Å²) < 4.78 is 1.02. The molecule has 0 bridgehead atoms. The van der Waals surface area contributed by atoms with Crippen molar-refractivity contribution >= 4 is 28.2 Å². The molecule has 0 aromatic carbocycles. The molecular formula is C13H24OS2. The molecule has 0 aromatic heterocycles. The molecule has 1 N–H and O–H groups in total. The number of hydrogen-bond donors (Lipinski definition) is 1. The third-order valence-electron chi connectivity index (χ3n) is 2.18. The van der Waals surface area contributed by atoms with Gasteiger partial charge in [0.15, 0.2) is 0 Å². The van der Waals surface area contributed by atoms with Crippen molar-refractivity contribution in [3.05, 3.63) is 12.2 Å². The molecule has 0 aliphatic rings. The Morgan fingerprint density at radius 1 is 1.31 bits per heavy atom. The highest BCUT2D eigenvalue weighted by Crippen LogP contribution is 2.22. The van der Waals surface area contributed by atoms with E-state index in [1.807, 2.05) is 26.8 Å². The van der Waals surface area contributed by atoms with Crippen LogP contribution in [-0.2, 0) is 0 Å². The maximum atomic E-state index is 9.81. The monoisotopic (exact) mass is 260 g/mol. The molecule has 1 atom stereocenters. The highest BCUT2D eigenvalue weighted by atomic mass is 32.2. The number of aliphatic hydroxyl groups excluding tert-OH is 1. The van der Waals surface area contributed by atoms with E-state index in [1.165, 1.54) is 0 Å². The molecule has 0 saturated heterocycles. The third-order valence-corrected chi connectivity index (χ3v) is 3.53. The van der Waals surface area contributed by atoms with Gasteiger partial charge in [0.25, 0.3) is 0 Å². The first-order valence-corrected chi connectivity index (χ1v) is 7.05. The molecule has 0 saturated carbocycles. The zero-order valence-electron chi connectivity index (χ0n) is 11.0. The lowest BCUT2D eigenvalue weighted by molar-refractivity contribution is 0.0659. The summed E-state index contributed by atoms with van der Waals surface area (Å²) in [4.78, 5) is 0. The van der Waals surface area contributed by atoms with Crippen LogP contribution in [0.2, 0.25) is 0 Å². The molecule has 0 radical (unpaired) electrons. The number of thioether (sulfide) groups is 1. The lowest BCUT2D eigenvalue weighted by Gasteiger charge is -2.24. The summed E-state index contributed by atoms with van der Waals surface area (Å²) in [6, 6.07) is 0. The van der Waals surface area contributed by atoms with Gasteiger partial charge in [-0.15, -0.1) is 11.8 Å². The van der Waals surface area contributed by atoms with Crippen molar-refractivity contribution in [3.8, 4) is 0 Å². The fourth-order valence-corrected chi connectivity index (χ4v) is 2.46. The van der Waals surface area contributed by atoms with Crippen molar-refractivity contribution in [1.29, 1.82) is 0 Å². The Bertz CT molecular complexity index is 239. The number of thiocarbonyl (C=S) groups is 1. The van der Waals surface area contributed by atoms with Crippen molar-refractivity contribution < 1.29 is 5.11 Å².